The Bertz CT molecular complexity index is 1310. The number of likely N-dealkylation sites (N-methyl/N-ethyl adjacent to an activating group) is 1. The van der Waals surface area contributed by atoms with Gasteiger partial charge in [0, 0.05) is 32.1 Å². The molecule has 2 fully saturated rings. The number of fused-ring (bicyclic) bond motifs is 3. The fourth-order valence-electron chi connectivity index (χ4n) is 6.79. The molecular formula is C27H33N3O9. The minimum absolute atomic E-state index is 0.103. The third-order valence-electron chi connectivity index (χ3n) is 8.45. The second kappa shape index (κ2) is 9.53. The van der Waals surface area contributed by atoms with Crippen LogP contribution >= 0.6 is 0 Å². The number of rotatable bonds is 5. The first kappa shape index (κ1) is 28.4. The van der Waals surface area contributed by atoms with Crippen molar-refractivity contribution in [2.45, 2.75) is 43.9 Å². The minimum atomic E-state index is -3.04. The molecule has 1 aromatic rings. The number of phenols is 1. The van der Waals surface area contributed by atoms with Crippen molar-refractivity contribution in [1.29, 1.82) is 0 Å². The van der Waals surface area contributed by atoms with Gasteiger partial charge in [0.05, 0.1) is 23.4 Å². The summed E-state index contributed by atoms with van der Waals surface area (Å²) in [7, 11) is 6.39. The number of ketones is 4. The number of phenolic OH excluding ortho intramolecular Hbond substituents is 1. The Hall–Kier alpha value is -3.64. The van der Waals surface area contributed by atoms with Crippen LogP contribution in [0.2, 0.25) is 0 Å². The summed E-state index contributed by atoms with van der Waals surface area (Å²) in [6, 6.07) is 1.50. The molecule has 12 heteroatoms. The lowest BCUT2D eigenvalue weighted by Crippen LogP contribution is -2.78. The molecule has 0 bridgehead atoms. The molecular weight excluding hydrogens is 510 g/mol. The van der Waals surface area contributed by atoms with Crippen LogP contribution in [0.3, 0.4) is 0 Å². The number of carbonyl (C=O) groups is 6. The standard InChI is InChI=1S/C27H33N3O9/c1-7-13(32)39-23-15-10(2)14-11(29(3)4)8-9-12(31)16(14)21(33)17(15)24(35)27(38)19(23)20(30(5)6)22(34)18(25(27)36)26(28)37/h8-10,15,17-20,23,31,38H,7H2,1-6H3,(H2,28,37)/t10-,15+,17?,18?,19+,20-,23-,27-/m1/s1. The van der Waals surface area contributed by atoms with Gasteiger partial charge >= 0.3 is 5.97 Å². The number of hydrogen-bond donors (Lipinski definition) is 3. The first-order chi connectivity index (χ1) is 18.1. The maximum atomic E-state index is 14.2. The molecule has 0 heterocycles. The minimum Gasteiger partial charge on any atom is -0.507 e. The number of aromatic hydroxyl groups is 1. The van der Waals surface area contributed by atoms with E-state index in [1.165, 1.54) is 32.0 Å². The molecule has 3 aliphatic rings. The van der Waals surface area contributed by atoms with Crippen LogP contribution in [0.5, 0.6) is 5.75 Å². The number of primary amides is 1. The number of carbonyl (C=O) groups excluding carboxylic acids is 6. The SMILES string of the molecule is CCC(=O)O[C@@H]1[C@@H]2C(C(=O)c3c(O)ccc(N(C)C)c3[C@H]2C)C(=O)[C@@]2(O)C(=O)C(C(N)=O)C(=O)[C@H](N(C)C)[C@@H]12. The molecule has 0 aromatic heterocycles. The summed E-state index contributed by atoms with van der Waals surface area (Å²) in [5.74, 6) is -14.2. The highest BCUT2D eigenvalue weighted by molar-refractivity contribution is 6.32. The van der Waals surface area contributed by atoms with Gasteiger partial charge in [0.15, 0.2) is 34.7 Å². The normalized spacial score (nSPS) is 33.8. The van der Waals surface area contributed by atoms with Gasteiger partial charge in [0.25, 0.3) is 0 Å². The lowest BCUT2D eigenvalue weighted by Gasteiger charge is -2.56. The van der Waals surface area contributed by atoms with E-state index >= 15 is 0 Å². The largest absolute Gasteiger partial charge is 0.507 e. The molecule has 210 valence electrons. The highest BCUT2D eigenvalue weighted by atomic mass is 16.5. The average molecular weight is 544 g/mol. The predicted molar refractivity (Wildman–Crippen MR) is 136 cm³/mol. The molecule has 12 nitrogen and oxygen atoms in total. The number of ether oxygens (including phenoxy) is 1. The maximum Gasteiger partial charge on any atom is 0.305 e. The second-order valence-corrected chi connectivity index (χ2v) is 11.0. The zero-order chi connectivity index (χ0) is 29.3. The van der Waals surface area contributed by atoms with Crippen molar-refractivity contribution in [3.8, 4) is 5.75 Å². The lowest BCUT2D eigenvalue weighted by atomic mass is 9.49. The van der Waals surface area contributed by atoms with Crippen molar-refractivity contribution in [1.82, 2.24) is 4.90 Å². The molecule has 2 saturated carbocycles. The van der Waals surface area contributed by atoms with E-state index in [1.807, 2.05) is 0 Å². The zero-order valence-electron chi connectivity index (χ0n) is 22.6. The van der Waals surface area contributed by atoms with E-state index < -0.39 is 82.3 Å². The monoisotopic (exact) mass is 543 g/mol. The fraction of sp³-hybridized carbons (Fsp3) is 0.556. The molecule has 1 amide bonds. The lowest BCUT2D eigenvalue weighted by molar-refractivity contribution is -0.205. The summed E-state index contributed by atoms with van der Waals surface area (Å²) in [5.41, 5.74) is 3.18. The summed E-state index contributed by atoms with van der Waals surface area (Å²) < 4.78 is 5.80. The van der Waals surface area contributed by atoms with Crippen LogP contribution in [0.4, 0.5) is 5.69 Å². The van der Waals surface area contributed by atoms with Gasteiger partial charge in [-0.15, -0.1) is 0 Å². The van der Waals surface area contributed by atoms with E-state index in [4.69, 9.17) is 10.5 Å². The number of anilines is 1. The Morgan fingerprint density at radius 2 is 1.69 bits per heavy atom. The van der Waals surface area contributed by atoms with E-state index in [2.05, 4.69) is 0 Å². The molecule has 39 heavy (non-hydrogen) atoms. The van der Waals surface area contributed by atoms with Gasteiger partial charge in [-0.1, -0.05) is 13.8 Å². The van der Waals surface area contributed by atoms with Gasteiger partial charge < -0.3 is 25.6 Å². The van der Waals surface area contributed by atoms with Crippen LogP contribution in [0.15, 0.2) is 12.1 Å². The summed E-state index contributed by atoms with van der Waals surface area (Å²) >= 11 is 0. The smallest absolute Gasteiger partial charge is 0.305 e. The van der Waals surface area contributed by atoms with Crippen LogP contribution in [-0.2, 0) is 28.7 Å². The number of nitrogens with two attached hydrogens (primary N) is 1. The van der Waals surface area contributed by atoms with Crippen LogP contribution in [0, 0.1) is 23.7 Å². The zero-order valence-corrected chi connectivity index (χ0v) is 22.6. The molecule has 2 unspecified atom stereocenters. The van der Waals surface area contributed by atoms with Crippen molar-refractivity contribution in [2.24, 2.45) is 29.4 Å². The predicted octanol–water partition coefficient (Wildman–Crippen LogP) is -0.574. The molecule has 8 atom stereocenters. The Labute approximate surface area is 225 Å². The molecule has 0 saturated heterocycles. The van der Waals surface area contributed by atoms with Crippen molar-refractivity contribution in [3.63, 3.8) is 0 Å². The Balaban J connectivity index is 2.06. The molecule has 1 aromatic carbocycles. The summed E-state index contributed by atoms with van der Waals surface area (Å²) in [4.78, 5) is 83.2. The van der Waals surface area contributed by atoms with Crippen LogP contribution < -0.4 is 10.6 Å². The Kier molecular flexibility index (Phi) is 6.93. The summed E-state index contributed by atoms with van der Waals surface area (Å²) in [6.45, 7) is 3.22. The van der Waals surface area contributed by atoms with Crippen molar-refractivity contribution in [3.05, 3.63) is 23.3 Å². The van der Waals surface area contributed by atoms with Gasteiger partial charge in [-0.3, -0.25) is 33.7 Å². The van der Waals surface area contributed by atoms with Crippen LogP contribution in [0.1, 0.15) is 42.1 Å². The van der Waals surface area contributed by atoms with E-state index in [0.717, 1.165) is 0 Å². The van der Waals surface area contributed by atoms with Crippen molar-refractivity contribution >= 4 is 40.7 Å². The number of benzene rings is 1. The highest BCUT2D eigenvalue weighted by Gasteiger charge is 2.74. The van der Waals surface area contributed by atoms with E-state index in [-0.39, 0.29) is 17.7 Å². The highest BCUT2D eigenvalue weighted by Crippen LogP contribution is 2.56. The van der Waals surface area contributed by atoms with Crippen LogP contribution in [-0.4, -0.2) is 96.1 Å². The second-order valence-electron chi connectivity index (χ2n) is 11.0. The summed E-state index contributed by atoms with van der Waals surface area (Å²) in [6.07, 6.45) is -1.56. The number of esters is 1. The third-order valence-corrected chi connectivity index (χ3v) is 8.45. The van der Waals surface area contributed by atoms with Gasteiger partial charge in [-0.05, 0) is 37.7 Å². The average Bonchev–Trinajstić information content (AvgIpc) is 2.84. The molecule has 4 rings (SSSR count). The number of hydrogen-bond acceptors (Lipinski definition) is 11. The Morgan fingerprint density at radius 1 is 1.08 bits per heavy atom. The quantitative estimate of drug-likeness (QED) is 0.319. The fourth-order valence-corrected chi connectivity index (χ4v) is 6.79. The molecule has 0 spiro atoms. The third kappa shape index (κ3) is 3.80. The number of aliphatic hydroxyl groups is 1. The Morgan fingerprint density at radius 3 is 2.21 bits per heavy atom. The maximum absolute atomic E-state index is 14.2. The van der Waals surface area contributed by atoms with Crippen molar-refractivity contribution in [2.75, 3.05) is 33.1 Å². The number of nitrogens with zero attached hydrogens (tertiary/aromatic N) is 2. The van der Waals surface area contributed by atoms with E-state index in [0.29, 0.717) is 11.3 Å². The van der Waals surface area contributed by atoms with E-state index in [1.54, 1.807) is 32.0 Å². The van der Waals surface area contributed by atoms with Gasteiger partial charge in [0.1, 0.15) is 11.9 Å². The first-order valence-corrected chi connectivity index (χ1v) is 12.7. The molecule has 4 N–H and O–H groups in total. The number of Topliss-reactive ketones (excluding diaryl/α,β-unsaturated/α-hetero) is 4. The van der Waals surface area contributed by atoms with Crippen LogP contribution in [0.25, 0.3) is 0 Å². The summed E-state index contributed by atoms with van der Waals surface area (Å²) in [5, 5.41) is 22.7. The first-order valence-electron chi connectivity index (χ1n) is 12.7. The molecule has 0 radical (unpaired) electrons. The van der Waals surface area contributed by atoms with Gasteiger partial charge in [-0.25, -0.2) is 0 Å². The van der Waals surface area contributed by atoms with Crippen molar-refractivity contribution < 1.29 is 43.7 Å². The number of amides is 1. The topological polar surface area (TPSA) is 185 Å². The molecule has 3 aliphatic carbocycles. The van der Waals surface area contributed by atoms with Gasteiger partial charge in [0.2, 0.25) is 5.91 Å². The van der Waals surface area contributed by atoms with Gasteiger partial charge in [-0.2, -0.15) is 0 Å². The molecule has 0 aliphatic heterocycles. The van der Waals surface area contributed by atoms with E-state index in [9.17, 15) is 39.0 Å².